The highest BCUT2D eigenvalue weighted by Crippen LogP contribution is 2.08. The van der Waals surface area contributed by atoms with Crippen molar-refractivity contribution in [2.75, 3.05) is 12.3 Å². The number of hydrogen-bond donors (Lipinski definition) is 1. The standard InChI is InChI=1S/C10H19N3O2S/c1-9(2)13-6-4-10(12-13)8-16(14,15)7-3-5-11/h4,6,9H,3,5,7-8,11H2,1-2H3. The summed E-state index contributed by atoms with van der Waals surface area (Å²) >= 11 is 0. The summed E-state index contributed by atoms with van der Waals surface area (Å²) in [5, 5.41) is 4.21. The van der Waals surface area contributed by atoms with Gasteiger partial charge in [-0.1, -0.05) is 0 Å². The van der Waals surface area contributed by atoms with Crippen LogP contribution in [0.1, 0.15) is 32.0 Å². The van der Waals surface area contributed by atoms with Gasteiger partial charge >= 0.3 is 0 Å². The Morgan fingerprint density at radius 1 is 1.50 bits per heavy atom. The van der Waals surface area contributed by atoms with Crippen molar-refractivity contribution in [1.82, 2.24) is 9.78 Å². The predicted molar refractivity (Wildman–Crippen MR) is 63.8 cm³/mol. The van der Waals surface area contributed by atoms with Gasteiger partial charge < -0.3 is 5.73 Å². The summed E-state index contributed by atoms with van der Waals surface area (Å²) in [5.74, 6) is 0.144. The smallest absolute Gasteiger partial charge is 0.156 e. The molecule has 0 saturated carbocycles. The topological polar surface area (TPSA) is 78.0 Å². The number of hydrogen-bond acceptors (Lipinski definition) is 4. The highest BCUT2D eigenvalue weighted by molar-refractivity contribution is 7.90. The molecule has 0 bridgehead atoms. The molecule has 0 spiro atoms. The molecule has 1 rings (SSSR count). The Kier molecular flexibility index (Phi) is 4.49. The molecule has 0 saturated heterocycles. The minimum Gasteiger partial charge on any atom is -0.330 e. The van der Waals surface area contributed by atoms with Gasteiger partial charge in [-0.05, 0) is 32.9 Å². The van der Waals surface area contributed by atoms with Gasteiger partial charge in [-0.15, -0.1) is 0 Å². The van der Waals surface area contributed by atoms with Gasteiger partial charge in [0.2, 0.25) is 0 Å². The van der Waals surface area contributed by atoms with Crippen LogP contribution < -0.4 is 5.73 Å². The Balaban J connectivity index is 2.65. The predicted octanol–water partition coefficient (Wildman–Crippen LogP) is 0.728. The maximum absolute atomic E-state index is 11.6. The van der Waals surface area contributed by atoms with Crippen LogP contribution >= 0.6 is 0 Å². The molecule has 0 amide bonds. The highest BCUT2D eigenvalue weighted by Gasteiger charge is 2.13. The summed E-state index contributed by atoms with van der Waals surface area (Å²) < 4.78 is 25.0. The highest BCUT2D eigenvalue weighted by atomic mass is 32.2. The van der Waals surface area contributed by atoms with Crippen LogP contribution in [0.5, 0.6) is 0 Å². The van der Waals surface area contributed by atoms with Gasteiger partial charge in [0, 0.05) is 12.2 Å². The zero-order valence-corrected chi connectivity index (χ0v) is 10.6. The third-order valence-electron chi connectivity index (χ3n) is 2.22. The van der Waals surface area contributed by atoms with Crippen molar-refractivity contribution in [3.8, 4) is 0 Å². The van der Waals surface area contributed by atoms with E-state index < -0.39 is 9.84 Å². The Morgan fingerprint density at radius 3 is 2.69 bits per heavy atom. The fourth-order valence-corrected chi connectivity index (χ4v) is 2.70. The molecule has 0 aliphatic heterocycles. The summed E-state index contributed by atoms with van der Waals surface area (Å²) in [7, 11) is -3.06. The zero-order valence-electron chi connectivity index (χ0n) is 9.76. The van der Waals surface area contributed by atoms with E-state index in [1.54, 1.807) is 16.9 Å². The molecule has 2 N–H and O–H groups in total. The van der Waals surface area contributed by atoms with Crippen LogP contribution in [0.3, 0.4) is 0 Å². The van der Waals surface area contributed by atoms with Crippen molar-refractivity contribution in [3.63, 3.8) is 0 Å². The van der Waals surface area contributed by atoms with Crippen LogP contribution in [-0.2, 0) is 15.6 Å². The Bertz CT molecular complexity index is 423. The van der Waals surface area contributed by atoms with Gasteiger partial charge in [0.25, 0.3) is 0 Å². The second-order valence-electron chi connectivity index (χ2n) is 4.12. The van der Waals surface area contributed by atoms with Crippen molar-refractivity contribution >= 4 is 9.84 Å². The molecule has 6 heteroatoms. The molecule has 0 fully saturated rings. The summed E-state index contributed by atoms with van der Waals surface area (Å²) in [6.45, 7) is 4.40. The SMILES string of the molecule is CC(C)n1ccc(CS(=O)(=O)CCCN)n1. The largest absolute Gasteiger partial charge is 0.330 e. The van der Waals surface area contributed by atoms with Crippen LogP contribution in [0, 0.1) is 0 Å². The van der Waals surface area contributed by atoms with Crippen molar-refractivity contribution in [2.24, 2.45) is 5.73 Å². The molecule has 16 heavy (non-hydrogen) atoms. The average Bonchev–Trinajstić information content (AvgIpc) is 2.62. The quantitative estimate of drug-likeness (QED) is 0.801. The summed E-state index contributed by atoms with van der Waals surface area (Å²) in [6, 6.07) is 2.00. The van der Waals surface area contributed by atoms with Gasteiger partial charge in [0.05, 0.1) is 17.2 Å². The minimum atomic E-state index is -3.06. The van der Waals surface area contributed by atoms with E-state index in [1.165, 1.54) is 0 Å². The molecular weight excluding hydrogens is 226 g/mol. The van der Waals surface area contributed by atoms with E-state index in [0.29, 0.717) is 18.7 Å². The summed E-state index contributed by atoms with van der Waals surface area (Å²) in [4.78, 5) is 0. The van der Waals surface area contributed by atoms with Gasteiger partial charge in [-0.2, -0.15) is 5.10 Å². The first-order chi connectivity index (χ1) is 7.44. The van der Waals surface area contributed by atoms with E-state index >= 15 is 0 Å². The van der Waals surface area contributed by atoms with Crippen LogP contribution in [0.15, 0.2) is 12.3 Å². The fraction of sp³-hybridized carbons (Fsp3) is 0.700. The number of nitrogens with zero attached hydrogens (tertiary/aromatic N) is 2. The third kappa shape index (κ3) is 3.94. The van der Waals surface area contributed by atoms with Gasteiger partial charge in [-0.3, -0.25) is 4.68 Å². The number of rotatable bonds is 6. The van der Waals surface area contributed by atoms with E-state index in [1.807, 2.05) is 13.8 Å². The van der Waals surface area contributed by atoms with Gasteiger partial charge in [-0.25, -0.2) is 8.42 Å². The molecule has 0 atom stereocenters. The van der Waals surface area contributed by atoms with E-state index in [-0.39, 0.29) is 17.5 Å². The van der Waals surface area contributed by atoms with E-state index in [4.69, 9.17) is 5.73 Å². The second kappa shape index (κ2) is 5.45. The lowest BCUT2D eigenvalue weighted by Crippen LogP contribution is -2.14. The molecule has 1 aromatic rings. The van der Waals surface area contributed by atoms with Crippen molar-refractivity contribution in [3.05, 3.63) is 18.0 Å². The zero-order chi connectivity index (χ0) is 12.2. The first-order valence-corrected chi connectivity index (χ1v) is 7.21. The molecule has 0 aliphatic rings. The van der Waals surface area contributed by atoms with Gasteiger partial charge in [0.15, 0.2) is 9.84 Å². The molecule has 5 nitrogen and oxygen atoms in total. The molecule has 0 radical (unpaired) electrons. The monoisotopic (exact) mass is 245 g/mol. The Labute approximate surface area is 96.6 Å². The molecule has 0 unspecified atom stereocenters. The number of nitrogens with two attached hydrogens (primary N) is 1. The lowest BCUT2D eigenvalue weighted by molar-refractivity contribution is 0.527. The first-order valence-electron chi connectivity index (χ1n) is 5.39. The third-order valence-corrected chi connectivity index (χ3v) is 3.87. The maximum atomic E-state index is 11.6. The van der Waals surface area contributed by atoms with E-state index in [0.717, 1.165) is 0 Å². The second-order valence-corrected chi connectivity index (χ2v) is 6.30. The first kappa shape index (κ1) is 13.2. The number of sulfone groups is 1. The molecule has 92 valence electrons. The molecule has 0 aliphatic carbocycles. The lowest BCUT2D eigenvalue weighted by Gasteiger charge is -2.04. The maximum Gasteiger partial charge on any atom is 0.156 e. The summed E-state index contributed by atoms with van der Waals surface area (Å²) in [6.07, 6.45) is 2.31. The summed E-state index contributed by atoms with van der Waals surface area (Å²) in [5.41, 5.74) is 5.89. The molecular formula is C10H19N3O2S. The Hall–Kier alpha value is -0.880. The normalized spacial score (nSPS) is 12.2. The average molecular weight is 245 g/mol. The van der Waals surface area contributed by atoms with E-state index in [2.05, 4.69) is 5.10 Å². The van der Waals surface area contributed by atoms with Crippen LogP contribution in [0.4, 0.5) is 0 Å². The van der Waals surface area contributed by atoms with Gasteiger partial charge in [0.1, 0.15) is 0 Å². The van der Waals surface area contributed by atoms with Crippen LogP contribution in [-0.4, -0.2) is 30.5 Å². The van der Waals surface area contributed by atoms with Crippen LogP contribution in [0.25, 0.3) is 0 Å². The minimum absolute atomic E-state index is 0.00667. The van der Waals surface area contributed by atoms with E-state index in [9.17, 15) is 8.42 Å². The van der Waals surface area contributed by atoms with Crippen LogP contribution in [0.2, 0.25) is 0 Å². The molecule has 1 heterocycles. The Morgan fingerprint density at radius 2 is 2.19 bits per heavy atom. The van der Waals surface area contributed by atoms with Crippen molar-refractivity contribution < 1.29 is 8.42 Å². The molecule has 0 aromatic carbocycles. The van der Waals surface area contributed by atoms with Crippen molar-refractivity contribution in [2.45, 2.75) is 32.1 Å². The number of aromatic nitrogens is 2. The fourth-order valence-electron chi connectivity index (χ4n) is 1.34. The lowest BCUT2D eigenvalue weighted by atomic mass is 10.4. The van der Waals surface area contributed by atoms with Crippen molar-refractivity contribution in [1.29, 1.82) is 0 Å². The molecule has 1 aromatic heterocycles.